The molecule has 1 aliphatic rings. The van der Waals surface area contributed by atoms with Gasteiger partial charge in [-0.15, -0.1) is 0 Å². The molecule has 0 aliphatic carbocycles. The monoisotopic (exact) mass is 397 g/mol. The van der Waals surface area contributed by atoms with Gasteiger partial charge >= 0.3 is 0 Å². The Bertz CT molecular complexity index is 744. The molecule has 2 aromatic rings. The van der Waals surface area contributed by atoms with Gasteiger partial charge in [-0.2, -0.15) is 0 Å². The van der Waals surface area contributed by atoms with Gasteiger partial charge in [-0.25, -0.2) is 0 Å². The molecule has 0 bridgehead atoms. The third kappa shape index (κ3) is 7.16. The smallest absolute Gasteiger partial charge is 0.234 e. The van der Waals surface area contributed by atoms with Crippen molar-refractivity contribution in [2.75, 3.05) is 46.4 Å². The average molecular weight is 398 g/mol. The van der Waals surface area contributed by atoms with Crippen LogP contribution in [-0.4, -0.2) is 73.3 Å². The Balaban J connectivity index is 1.33. The summed E-state index contributed by atoms with van der Waals surface area (Å²) in [5.41, 5.74) is 2.21. The van der Waals surface area contributed by atoms with Gasteiger partial charge in [-0.3, -0.25) is 14.6 Å². The van der Waals surface area contributed by atoms with Gasteiger partial charge in [0.05, 0.1) is 19.8 Å². The van der Waals surface area contributed by atoms with Gasteiger partial charge in [-0.05, 0) is 29.7 Å². The van der Waals surface area contributed by atoms with E-state index in [1.54, 1.807) is 7.11 Å². The summed E-state index contributed by atoms with van der Waals surface area (Å²) in [6.45, 7) is 5.06. The number of amides is 1. The molecule has 1 fully saturated rings. The fourth-order valence-electron chi connectivity index (χ4n) is 3.58. The molecular weight excluding hydrogens is 366 g/mol. The lowest BCUT2D eigenvalue weighted by Crippen LogP contribution is -2.51. The largest absolute Gasteiger partial charge is 0.497 e. The number of carbonyl (C=O) groups is 1. The molecule has 0 saturated carbocycles. The second-order valence-electron chi connectivity index (χ2n) is 7.55. The number of nitrogens with zero attached hydrogens (tertiary/aromatic N) is 2. The summed E-state index contributed by atoms with van der Waals surface area (Å²) in [5.74, 6) is 0.883. The fraction of sp³-hybridized carbons (Fsp3) is 0.435. The molecule has 1 amide bonds. The Morgan fingerprint density at radius 3 is 2.31 bits per heavy atom. The summed E-state index contributed by atoms with van der Waals surface area (Å²) in [6, 6.07) is 17.8. The molecule has 0 spiro atoms. The van der Waals surface area contributed by atoms with Crippen molar-refractivity contribution in [3.63, 3.8) is 0 Å². The normalized spacial score (nSPS) is 16.3. The molecular formula is C23H31N3O3. The Morgan fingerprint density at radius 2 is 1.66 bits per heavy atom. The van der Waals surface area contributed by atoms with Crippen molar-refractivity contribution in [2.45, 2.75) is 19.1 Å². The number of rotatable bonds is 9. The number of β-amino-alcohol motifs (C(OH)–C–C–N with tert-alkyl or cyclic N) is 1. The predicted molar refractivity (Wildman–Crippen MR) is 114 cm³/mol. The van der Waals surface area contributed by atoms with Gasteiger partial charge in [0.2, 0.25) is 5.91 Å². The average Bonchev–Trinajstić information content (AvgIpc) is 2.75. The lowest BCUT2D eigenvalue weighted by molar-refractivity contribution is -0.122. The van der Waals surface area contributed by atoms with Gasteiger partial charge in [0.1, 0.15) is 5.75 Å². The summed E-state index contributed by atoms with van der Waals surface area (Å²) >= 11 is 0. The number of benzene rings is 2. The summed E-state index contributed by atoms with van der Waals surface area (Å²) in [6.07, 6.45) is 0.232. The second kappa shape index (κ2) is 11.0. The SMILES string of the molecule is COc1ccc(CC(O)CN2CCN(CC(=O)NCc3ccccc3)CC2)cc1. The van der Waals surface area contributed by atoms with E-state index >= 15 is 0 Å². The van der Waals surface area contributed by atoms with Gasteiger partial charge in [0, 0.05) is 39.3 Å². The van der Waals surface area contributed by atoms with E-state index < -0.39 is 6.10 Å². The quantitative estimate of drug-likeness (QED) is 0.672. The van der Waals surface area contributed by atoms with Crippen molar-refractivity contribution in [1.82, 2.24) is 15.1 Å². The third-order valence-corrected chi connectivity index (χ3v) is 5.26. The first-order chi connectivity index (χ1) is 14.1. The van der Waals surface area contributed by atoms with Crippen LogP contribution in [0, 0.1) is 0 Å². The molecule has 29 heavy (non-hydrogen) atoms. The number of nitrogens with one attached hydrogen (secondary N) is 1. The predicted octanol–water partition coefficient (Wildman–Crippen LogP) is 1.53. The summed E-state index contributed by atoms with van der Waals surface area (Å²) in [4.78, 5) is 16.6. The van der Waals surface area contributed by atoms with Crippen molar-refractivity contribution in [3.05, 3.63) is 65.7 Å². The number of hydrogen-bond donors (Lipinski definition) is 2. The Hall–Kier alpha value is -2.41. The highest BCUT2D eigenvalue weighted by molar-refractivity contribution is 5.78. The summed E-state index contributed by atoms with van der Waals surface area (Å²) in [5, 5.41) is 13.4. The zero-order chi connectivity index (χ0) is 20.5. The molecule has 6 nitrogen and oxygen atoms in total. The van der Waals surface area contributed by atoms with E-state index in [9.17, 15) is 9.90 Å². The van der Waals surface area contributed by atoms with E-state index in [1.165, 1.54) is 0 Å². The van der Waals surface area contributed by atoms with Crippen LogP contribution in [0.3, 0.4) is 0 Å². The Kier molecular flexibility index (Phi) is 8.04. The first-order valence-electron chi connectivity index (χ1n) is 10.2. The number of hydrogen-bond acceptors (Lipinski definition) is 5. The molecule has 156 valence electrons. The Morgan fingerprint density at radius 1 is 1.00 bits per heavy atom. The van der Waals surface area contributed by atoms with E-state index in [0.717, 1.165) is 43.1 Å². The molecule has 2 N–H and O–H groups in total. The van der Waals surface area contributed by atoms with Gasteiger partial charge in [0.25, 0.3) is 0 Å². The maximum absolute atomic E-state index is 12.2. The van der Waals surface area contributed by atoms with Crippen LogP contribution < -0.4 is 10.1 Å². The van der Waals surface area contributed by atoms with Gasteiger partial charge in [0.15, 0.2) is 0 Å². The van der Waals surface area contributed by atoms with E-state index in [1.807, 2.05) is 54.6 Å². The lowest BCUT2D eigenvalue weighted by atomic mass is 10.1. The first kappa shape index (κ1) is 21.3. The molecule has 1 saturated heterocycles. The topological polar surface area (TPSA) is 65.0 Å². The zero-order valence-corrected chi connectivity index (χ0v) is 17.1. The van der Waals surface area contributed by atoms with Crippen LogP contribution in [0.25, 0.3) is 0 Å². The van der Waals surface area contributed by atoms with Crippen LogP contribution >= 0.6 is 0 Å². The second-order valence-corrected chi connectivity index (χ2v) is 7.55. The van der Waals surface area contributed by atoms with Gasteiger partial charge < -0.3 is 15.2 Å². The van der Waals surface area contributed by atoms with Crippen LogP contribution in [0.5, 0.6) is 5.75 Å². The van der Waals surface area contributed by atoms with Crippen molar-refractivity contribution < 1.29 is 14.6 Å². The Labute approximate surface area is 173 Å². The molecule has 6 heteroatoms. The molecule has 0 radical (unpaired) electrons. The highest BCUT2D eigenvalue weighted by atomic mass is 16.5. The molecule has 1 heterocycles. The number of aliphatic hydroxyl groups is 1. The van der Waals surface area contributed by atoms with Crippen LogP contribution in [0.2, 0.25) is 0 Å². The van der Waals surface area contributed by atoms with Crippen LogP contribution in [0.1, 0.15) is 11.1 Å². The maximum atomic E-state index is 12.2. The molecule has 1 atom stereocenters. The van der Waals surface area contributed by atoms with E-state index in [2.05, 4.69) is 15.1 Å². The van der Waals surface area contributed by atoms with Crippen molar-refractivity contribution >= 4 is 5.91 Å². The van der Waals surface area contributed by atoms with E-state index in [4.69, 9.17) is 4.74 Å². The fourth-order valence-corrected chi connectivity index (χ4v) is 3.58. The molecule has 3 rings (SSSR count). The molecule has 1 aliphatic heterocycles. The van der Waals surface area contributed by atoms with Crippen LogP contribution in [0.4, 0.5) is 0 Å². The number of piperazine rings is 1. The van der Waals surface area contributed by atoms with Crippen LogP contribution in [-0.2, 0) is 17.8 Å². The standard InChI is InChI=1S/C23H31N3O3/c1-29-22-9-7-19(8-10-22)15-21(27)17-25-11-13-26(14-12-25)18-23(28)24-16-20-5-3-2-4-6-20/h2-10,21,27H,11-18H2,1H3,(H,24,28). The van der Waals surface area contributed by atoms with E-state index in [0.29, 0.717) is 26.1 Å². The molecule has 1 unspecified atom stereocenters. The minimum atomic E-state index is -0.399. The van der Waals surface area contributed by atoms with Gasteiger partial charge in [-0.1, -0.05) is 42.5 Å². The minimum Gasteiger partial charge on any atom is -0.497 e. The number of ether oxygens (including phenoxy) is 1. The lowest BCUT2D eigenvalue weighted by Gasteiger charge is -2.35. The number of methoxy groups -OCH3 is 1. The molecule has 2 aromatic carbocycles. The van der Waals surface area contributed by atoms with Crippen molar-refractivity contribution in [2.24, 2.45) is 0 Å². The maximum Gasteiger partial charge on any atom is 0.234 e. The first-order valence-corrected chi connectivity index (χ1v) is 10.2. The number of carbonyl (C=O) groups excluding carboxylic acids is 1. The van der Waals surface area contributed by atoms with Crippen LogP contribution in [0.15, 0.2) is 54.6 Å². The molecule has 0 aromatic heterocycles. The third-order valence-electron chi connectivity index (χ3n) is 5.26. The van der Waals surface area contributed by atoms with Crippen molar-refractivity contribution in [3.8, 4) is 5.75 Å². The number of aliphatic hydroxyl groups excluding tert-OH is 1. The summed E-state index contributed by atoms with van der Waals surface area (Å²) < 4.78 is 5.17. The van der Waals surface area contributed by atoms with Crippen molar-refractivity contribution in [1.29, 1.82) is 0 Å². The summed E-state index contributed by atoms with van der Waals surface area (Å²) in [7, 11) is 1.65. The minimum absolute atomic E-state index is 0.0573. The highest BCUT2D eigenvalue weighted by Gasteiger charge is 2.20. The van der Waals surface area contributed by atoms with E-state index in [-0.39, 0.29) is 5.91 Å². The zero-order valence-electron chi connectivity index (χ0n) is 17.1. The highest BCUT2D eigenvalue weighted by Crippen LogP contribution is 2.13.